The first-order valence-electron chi connectivity index (χ1n) is 13.6. The van der Waals surface area contributed by atoms with Gasteiger partial charge in [-0.25, -0.2) is 13.2 Å². The van der Waals surface area contributed by atoms with E-state index >= 15 is 4.39 Å². The second-order valence-electron chi connectivity index (χ2n) is 10.0. The van der Waals surface area contributed by atoms with Crippen molar-refractivity contribution in [3.05, 3.63) is 95.3 Å². The van der Waals surface area contributed by atoms with E-state index in [4.69, 9.17) is 4.74 Å². The van der Waals surface area contributed by atoms with Gasteiger partial charge in [-0.1, -0.05) is 80.4 Å². The molecule has 4 rings (SSSR count). The van der Waals surface area contributed by atoms with Crippen LogP contribution < -0.4 is 0 Å². The molecule has 37 heavy (non-hydrogen) atoms. The van der Waals surface area contributed by atoms with Crippen LogP contribution in [0.15, 0.2) is 66.7 Å². The maximum absolute atomic E-state index is 15.1. The van der Waals surface area contributed by atoms with Crippen LogP contribution in [0, 0.1) is 17.5 Å². The van der Waals surface area contributed by atoms with Crippen LogP contribution in [0.2, 0.25) is 0 Å². The van der Waals surface area contributed by atoms with Gasteiger partial charge >= 0.3 is 0 Å². The second kappa shape index (κ2) is 13.1. The summed E-state index contributed by atoms with van der Waals surface area (Å²) in [6, 6.07) is 15.7. The zero-order valence-corrected chi connectivity index (χ0v) is 21.9. The van der Waals surface area contributed by atoms with E-state index in [9.17, 15) is 8.78 Å². The van der Waals surface area contributed by atoms with Crippen LogP contribution in [0.5, 0.6) is 0 Å². The topological polar surface area (TPSA) is 9.23 Å². The largest absolute Gasteiger partial charge is 0.378 e. The quantitative estimate of drug-likeness (QED) is 0.196. The van der Waals surface area contributed by atoms with Crippen LogP contribution in [-0.4, -0.2) is 12.7 Å². The molecule has 3 aromatic carbocycles. The Hall–Kier alpha value is -2.85. The minimum absolute atomic E-state index is 0.201. The van der Waals surface area contributed by atoms with E-state index in [-0.39, 0.29) is 23.4 Å². The molecule has 1 fully saturated rings. The molecule has 1 nitrogen and oxygen atoms in total. The van der Waals surface area contributed by atoms with E-state index in [1.54, 1.807) is 42.5 Å². The Balaban J connectivity index is 1.43. The van der Waals surface area contributed by atoms with Gasteiger partial charge in [-0.2, -0.15) is 0 Å². The molecule has 3 aromatic rings. The number of rotatable bonds is 10. The molecule has 0 aromatic heterocycles. The SMILES string of the molecule is C/C=C/CCC1CCC(c2ccc(-c3ccc(-c4ccc(CCCCC)c(F)c4F)cc3)c(F)c2)CO1. The standard InChI is InChI=1S/C33H37F3O/c1-3-5-7-9-25-16-20-30(33(36)32(25)35)24-13-11-23(12-14-24)29-19-17-26(21-31(29)34)27-15-18-28(37-22-27)10-8-6-4-2/h4,6,11-14,16-17,19-21,27-28H,3,5,7-10,15,18,22H2,1-2H3/b6-4+. The van der Waals surface area contributed by atoms with Gasteiger partial charge in [0.1, 0.15) is 5.82 Å². The Labute approximate surface area is 219 Å². The number of benzene rings is 3. The van der Waals surface area contributed by atoms with Crippen LogP contribution >= 0.6 is 0 Å². The third kappa shape index (κ3) is 6.73. The van der Waals surface area contributed by atoms with Crippen molar-refractivity contribution < 1.29 is 17.9 Å². The van der Waals surface area contributed by atoms with Gasteiger partial charge in [0, 0.05) is 17.0 Å². The van der Waals surface area contributed by atoms with Gasteiger partial charge in [-0.3, -0.25) is 0 Å². The highest BCUT2D eigenvalue weighted by Crippen LogP contribution is 2.34. The number of ether oxygens (including phenoxy) is 1. The minimum Gasteiger partial charge on any atom is -0.378 e. The Bertz CT molecular complexity index is 1190. The summed E-state index contributed by atoms with van der Waals surface area (Å²) in [5.74, 6) is -1.67. The van der Waals surface area contributed by atoms with Crippen LogP contribution in [0.25, 0.3) is 22.3 Å². The van der Waals surface area contributed by atoms with Gasteiger partial charge in [0.05, 0.1) is 12.7 Å². The van der Waals surface area contributed by atoms with Crippen molar-refractivity contribution >= 4 is 0 Å². The monoisotopic (exact) mass is 506 g/mol. The van der Waals surface area contributed by atoms with Crippen molar-refractivity contribution in [2.75, 3.05) is 6.61 Å². The second-order valence-corrected chi connectivity index (χ2v) is 10.0. The molecule has 2 atom stereocenters. The zero-order valence-electron chi connectivity index (χ0n) is 21.9. The van der Waals surface area contributed by atoms with Gasteiger partial charge in [0.2, 0.25) is 0 Å². The molecule has 0 bridgehead atoms. The molecule has 1 aliphatic heterocycles. The van der Waals surface area contributed by atoms with E-state index in [0.717, 1.165) is 50.5 Å². The van der Waals surface area contributed by atoms with E-state index in [1.165, 1.54) is 0 Å². The smallest absolute Gasteiger partial charge is 0.166 e. The van der Waals surface area contributed by atoms with Gasteiger partial charge < -0.3 is 4.74 Å². The molecule has 1 heterocycles. The molecule has 0 aliphatic carbocycles. The lowest BCUT2D eigenvalue weighted by atomic mass is 9.89. The summed E-state index contributed by atoms with van der Waals surface area (Å²) < 4.78 is 50.6. The number of allylic oxidation sites excluding steroid dienone is 2. The zero-order chi connectivity index (χ0) is 26.2. The fourth-order valence-electron chi connectivity index (χ4n) is 5.17. The summed E-state index contributed by atoms with van der Waals surface area (Å²) >= 11 is 0. The lowest BCUT2D eigenvalue weighted by Gasteiger charge is -2.29. The summed E-state index contributed by atoms with van der Waals surface area (Å²) in [6.45, 7) is 4.73. The van der Waals surface area contributed by atoms with Gasteiger partial charge in [0.25, 0.3) is 0 Å². The molecule has 0 radical (unpaired) electrons. The van der Waals surface area contributed by atoms with Crippen LogP contribution in [0.3, 0.4) is 0 Å². The first-order valence-corrected chi connectivity index (χ1v) is 13.6. The Morgan fingerprint density at radius 2 is 1.59 bits per heavy atom. The van der Waals surface area contributed by atoms with Crippen LogP contribution in [-0.2, 0) is 11.2 Å². The Morgan fingerprint density at radius 3 is 2.24 bits per heavy atom. The van der Waals surface area contributed by atoms with Crippen molar-refractivity contribution in [1.29, 1.82) is 0 Å². The molecule has 4 heteroatoms. The molecule has 0 saturated carbocycles. The van der Waals surface area contributed by atoms with Gasteiger partial charge in [0.15, 0.2) is 11.6 Å². The fraction of sp³-hybridized carbons (Fsp3) is 0.394. The normalized spacial score (nSPS) is 18.0. The van der Waals surface area contributed by atoms with Crippen molar-refractivity contribution in [1.82, 2.24) is 0 Å². The van der Waals surface area contributed by atoms with E-state index in [1.807, 2.05) is 19.1 Å². The number of hydrogen-bond donors (Lipinski definition) is 0. The summed E-state index contributed by atoms with van der Waals surface area (Å²) in [6.07, 6.45) is 12.0. The number of unbranched alkanes of at least 4 members (excludes halogenated alkanes) is 2. The van der Waals surface area contributed by atoms with E-state index in [0.29, 0.717) is 35.3 Å². The van der Waals surface area contributed by atoms with Gasteiger partial charge in [-0.15, -0.1) is 0 Å². The highest BCUT2D eigenvalue weighted by Gasteiger charge is 2.23. The first-order chi connectivity index (χ1) is 18.0. The molecular weight excluding hydrogens is 469 g/mol. The van der Waals surface area contributed by atoms with Crippen molar-refractivity contribution in [3.63, 3.8) is 0 Å². The van der Waals surface area contributed by atoms with Crippen molar-refractivity contribution in [3.8, 4) is 22.3 Å². The fourth-order valence-corrected chi connectivity index (χ4v) is 5.17. The van der Waals surface area contributed by atoms with E-state index in [2.05, 4.69) is 19.1 Å². The summed E-state index contributed by atoms with van der Waals surface area (Å²) in [7, 11) is 0. The first kappa shape index (κ1) is 27.2. The molecule has 0 N–H and O–H groups in total. The third-order valence-electron chi connectivity index (χ3n) is 7.44. The predicted octanol–water partition coefficient (Wildman–Crippen LogP) is 9.79. The number of hydrogen-bond acceptors (Lipinski definition) is 1. The molecule has 0 spiro atoms. The lowest BCUT2D eigenvalue weighted by Crippen LogP contribution is -2.24. The highest BCUT2D eigenvalue weighted by atomic mass is 19.2. The van der Waals surface area contributed by atoms with Crippen LogP contribution in [0.4, 0.5) is 13.2 Å². The molecule has 1 saturated heterocycles. The summed E-state index contributed by atoms with van der Waals surface area (Å²) in [5.41, 5.74) is 3.37. The molecular formula is C33H37F3O. The van der Waals surface area contributed by atoms with Crippen molar-refractivity contribution in [2.45, 2.75) is 77.2 Å². The van der Waals surface area contributed by atoms with Crippen LogP contribution in [0.1, 0.15) is 75.8 Å². The minimum atomic E-state index is -0.823. The lowest BCUT2D eigenvalue weighted by molar-refractivity contribution is -0.000225. The highest BCUT2D eigenvalue weighted by molar-refractivity contribution is 5.71. The number of aryl methyl sites for hydroxylation is 1. The van der Waals surface area contributed by atoms with Crippen molar-refractivity contribution in [2.24, 2.45) is 0 Å². The Kier molecular flexibility index (Phi) is 9.62. The third-order valence-corrected chi connectivity index (χ3v) is 7.44. The predicted molar refractivity (Wildman–Crippen MR) is 146 cm³/mol. The maximum Gasteiger partial charge on any atom is 0.166 e. The average molecular weight is 507 g/mol. The Morgan fingerprint density at radius 1 is 0.865 bits per heavy atom. The molecule has 196 valence electrons. The summed E-state index contributed by atoms with van der Waals surface area (Å²) in [4.78, 5) is 0. The summed E-state index contributed by atoms with van der Waals surface area (Å²) in [5, 5.41) is 0. The van der Waals surface area contributed by atoms with Gasteiger partial charge in [-0.05, 0) is 73.8 Å². The van der Waals surface area contributed by atoms with E-state index < -0.39 is 11.6 Å². The average Bonchev–Trinajstić information content (AvgIpc) is 2.92. The maximum atomic E-state index is 15.1. The number of halogens is 3. The molecule has 2 unspecified atom stereocenters. The molecule has 1 aliphatic rings. The molecule has 0 amide bonds.